The standard InChI is InChI=1S/C13H21N3O4/c1-2-20-13(19)10-9-14-5-6-15(10)7-8-16-11(17)3-4-12(16)18/h10,14H,2-9H2,1H3. The van der Waals surface area contributed by atoms with E-state index in [-0.39, 0.29) is 23.8 Å². The average molecular weight is 283 g/mol. The van der Waals surface area contributed by atoms with Gasteiger partial charge in [-0.25, -0.2) is 0 Å². The van der Waals surface area contributed by atoms with Crippen LogP contribution in [0.15, 0.2) is 0 Å². The number of carbonyl (C=O) groups excluding carboxylic acids is 3. The van der Waals surface area contributed by atoms with E-state index in [1.165, 1.54) is 4.90 Å². The van der Waals surface area contributed by atoms with E-state index in [9.17, 15) is 14.4 Å². The second kappa shape index (κ2) is 6.81. The van der Waals surface area contributed by atoms with Crippen LogP contribution in [0, 0.1) is 0 Å². The van der Waals surface area contributed by atoms with Crippen molar-refractivity contribution >= 4 is 17.8 Å². The minimum absolute atomic E-state index is 0.113. The fourth-order valence-corrected chi connectivity index (χ4v) is 2.59. The predicted molar refractivity (Wildman–Crippen MR) is 70.8 cm³/mol. The molecule has 0 bridgehead atoms. The zero-order chi connectivity index (χ0) is 14.5. The minimum Gasteiger partial charge on any atom is -0.465 e. The number of imide groups is 1. The molecule has 1 atom stereocenters. The third-order valence-electron chi connectivity index (χ3n) is 3.68. The third kappa shape index (κ3) is 3.34. The molecule has 0 radical (unpaired) electrons. The predicted octanol–water partition coefficient (Wildman–Crippen LogP) is -1.03. The lowest BCUT2D eigenvalue weighted by Crippen LogP contribution is -2.57. The summed E-state index contributed by atoms with van der Waals surface area (Å²) >= 11 is 0. The first-order chi connectivity index (χ1) is 9.63. The van der Waals surface area contributed by atoms with Crippen LogP contribution in [0.25, 0.3) is 0 Å². The number of esters is 1. The van der Waals surface area contributed by atoms with Gasteiger partial charge in [-0.1, -0.05) is 0 Å². The molecule has 2 saturated heterocycles. The van der Waals surface area contributed by atoms with Crippen LogP contribution >= 0.6 is 0 Å². The van der Waals surface area contributed by atoms with E-state index in [1.54, 1.807) is 6.92 Å². The summed E-state index contributed by atoms with van der Waals surface area (Å²) in [6.45, 7) is 5.04. The molecule has 0 aromatic carbocycles. The number of hydrogen-bond donors (Lipinski definition) is 1. The number of piperazine rings is 1. The summed E-state index contributed by atoms with van der Waals surface area (Å²) in [5.41, 5.74) is 0. The number of likely N-dealkylation sites (tertiary alicyclic amines) is 1. The second-order valence-electron chi connectivity index (χ2n) is 4.95. The Morgan fingerprint density at radius 2 is 2.00 bits per heavy atom. The topological polar surface area (TPSA) is 79.0 Å². The zero-order valence-electron chi connectivity index (χ0n) is 11.8. The molecule has 1 N–H and O–H groups in total. The summed E-state index contributed by atoms with van der Waals surface area (Å²) in [5, 5.41) is 3.16. The minimum atomic E-state index is -0.337. The first-order valence-corrected chi connectivity index (χ1v) is 7.08. The molecule has 1 unspecified atom stereocenters. The maximum atomic E-state index is 11.9. The Labute approximate surface area is 118 Å². The van der Waals surface area contributed by atoms with Gasteiger partial charge in [-0.05, 0) is 6.92 Å². The summed E-state index contributed by atoms with van der Waals surface area (Å²) in [7, 11) is 0. The van der Waals surface area contributed by atoms with Gasteiger partial charge in [0.25, 0.3) is 0 Å². The van der Waals surface area contributed by atoms with Crippen molar-refractivity contribution in [2.45, 2.75) is 25.8 Å². The maximum absolute atomic E-state index is 11.9. The van der Waals surface area contributed by atoms with Crippen molar-refractivity contribution in [2.24, 2.45) is 0 Å². The van der Waals surface area contributed by atoms with Crippen molar-refractivity contribution in [3.05, 3.63) is 0 Å². The highest BCUT2D eigenvalue weighted by atomic mass is 16.5. The van der Waals surface area contributed by atoms with Gasteiger partial charge in [0.2, 0.25) is 11.8 Å². The molecule has 0 saturated carbocycles. The smallest absolute Gasteiger partial charge is 0.324 e. The number of ether oxygens (including phenoxy) is 1. The van der Waals surface area contributed by atoms with Gasteiger partial charge < -0.3 is 10.1 Å². The van der Waals surface area contributed by atoms with Crippen LogP contribution in [0.3, 0.4) is 0 Å². The van der Waals surface area contributed by atoms with E-state index in [4.69, 9.17) is 4.74 Å². The Balaban J connectivity index is 1.90. The summed E-state index contributed by atoms with van der Waals surface area (Å²) in [6, 6.07) is -0.337. The van der Waals surface area contributed by atoms with Crippen LogP contribution < -0.4 is 5.32 Å². The Morgan fingerprint density at radius 3 is 2.65 bits per heavy atom. The SMILES string of the molecule is CCOC(=O)C1CNCCN1CCN1C(=O)CCC1=O. The molecule has 0 aliphatic carbocycles. The number of nitrogens with zero attached hydrogens (tertiary/aromatic N) is 2. The van der Waals surface area contributed by atoms with Gasteiger partial charge in [-0.2, -0.15) is 0 Å². The first-order valence-electron chi connectivity index (χ1n) is 7.08. The van der Waals surface area contributed by atoms with Crippen molar-refractivity contribution < 1.29 is 19.1 Å². The van der Waals surface area contributed by atoms with Gasteiger partial charge >= 0.3 is 5.97 Å². The maximum Gasteiger partial charge on any atom is 0.324 e. The molecule has 7 heteroatoms. The van der Waals surface area contributed by atoms with Crippen molar-refractivity contribution in [1.29, 1.82) is 0 Å². The molecule has 2 fully saturated rings. The lowest BCUT2D eigenvalue weighted by atomic mass is 10.2. The molecule has 2 amide bonds. The van der Waals surface area contributed by atoms with E-state index in [2.05, 4.69) is 5.32 Å². The lowest BCUT2D eigenvalue weighted by Gasteiger charge is -2.35. The van der Waals surface area contributed by atoms with Crippen molar-refractivity contribution in [2.75, 3.05) is 39.3 Å². The monoisotopic (exact) mass is 283 g/mol. The van der Waals surface area contributed by atoms with Gasteiger partial charge in [0.05, 0.1) is 6.61 Å². The van der Waals surface area contributed by atoms with Crippen LogP contribution in [-0.2, 0) is 19.1 Å². The molecular formula is C13H21N3O4. The third-order valence-corrected chi connectivity index (χ3v) is 3.68. The van der Waals surface area contributed by atoms with Gasteiger partial charge in [0.15, 0.2) is 0 Å². The quantitative estimate of drug-likeness (QED) is 0.513. The van der Waals surface area contributed by atoms with Crippen molar-refractivity contribution in [3.8, 4) is 0 Å². The number of carbonyl (C=O) groups is 3. The Morgan fingerprint density at radius 1 is 1.30 bits per heavy atom. The van der Waals surface area contributed by atoms with E-state index < -0.39 is 0 Å². The Hall–Kier alpha value is -1.47. The number of amides is 2. The van der Waals surface area contributed by atoms with Gasteiger partial charge in [0.1, 0.15) is 6.04 Å². The van der Waals surface area contributed by atoms with E-state index >= 15 is 0 Å². The van der Waals surface area contributed by atoms with Crippen LogP contribution in [0.1, 0.15) is 19.8 Å². The highest BCUT2D eigenvalue weighted by Gasteiger charge is 2.33. The van der Waals surface area contributed by atoms with Crippen molar-refractivity contribution in [1.82, 2.24) is 15.1 Å². The Bertz CT molecular complexity index is 383. The second-order valence-corrected chi connectivity index (χ2v) is 4.95. The molecule has 2 aliphatic heterocycles. The van der Waals surface area contributed by atoms with Crippen LogP contribution in [0.5, 0.6) is 0 Å². The van der Waals surface area contributed by atoms with Gasteiger partial charge in [0, 0.05) is 45.6 Å². The number of hydrogen-bond acceptors (Lipinski definition) is 6. The van der Waals surface area contributed by atoms with Crippen LogP contribution in [-0.4, -0.2) is 73.0 Å². The molecular weight excluding hydrogens is 262 g/mol. The molecule has 2 heterocycles. The fraction of sp³-hybridized carbons (Fsp3) is 0.769. The van der Waals surface area contributed by atoms with E-state index in [0.29, 0.717) is 45.6 Å². The number of rotatable bonds is 5. The highest BCUT2D eigenvalue weighted by molar-refractivity contribution is 6.01. The Kier molecular flexibility index (Phi) is 5.08. The normalized spacial score (nSPS) is 24.2. The highest BCUT2D eigenvalue weighted by Crippen LogP contribution is 2.12. The lowest BCUT2D eigenvalue weighted by molar-refractivity contribution is -0.150. The van der Waals surface area contributed by atoms with Crippen LogP contribution in [0.2, 0.25) is 0 Å². The van der Waals surface area contributed by atoms with E-state index in [0.717, 1.165) is 6.54 Å². The van der Waals surface area contributed by atoms with E-state index in [1.807, 2.05) is 4.90 Å². The average Bonchev–Trinajstić information content (AvgIpc) is 2.76. The molecule has 0 aromatic heterocycles. The fourth-order valence-electron chi connectivity index (χ4n) is 2.59. The van der Waals surface area contributed by atoms with Crippen molar-refractivity contribution in [3.63, 3.8) is 0 Å². The molecule has 7 nitrogen and oxygen atoms in total. The summed E-state index contributed by atoms with van der Waals surface area (Å²) < 4.78 is 5.06. The molecule has 2 aliphatic rings. The molecule has 20 heavy (non-hydrogen) atoms. The van der Waals surface area contributed by atoms with Gasteiger partial charge in [-0.15, -0.1) is 0 Å². The first kappa shape index (κ1) is 14.9. The number of nitrogens with one attached hydrogen (secondary N) is 1. The van der Waals surface area contributed by atoms with Crippen LogP contribution in [0.4, 0.5) is 0 Å². The summed E-state index contributed by atoms with van der Waals surface area (Å²) in [5.74, 6) is -0.477. The largest absolute Gasteiger partial charge is 0.465 e. The molecule has 112 valence electrons. The molecule has 0 aromatic rings. The zero-order valence-corrected chi connectivity index (χ0v) is 11.8. The summed E-state index contributed by atoms with van der Waals surface area (Å²) in [6.07, 6.45) is 0.614. The summed E-state index contributed by atoms with van der Waals surface area (Å²) in [4.78, 5) is 38.3. The molecule has 2 rings (SSSR count). The van der Waals surface area contributed by atoms with Gasteiger partial charge in [-0.3, -0.25) is 24.2 Å². The molecule has 0 spiro atoms.